The summed E-state index contributed by atoms with van der Waals surface area (Å²) in [7, 11) is 3.87. The molecule has 100 valence electrons. The van der Waals surface area contributed by atoms with Crippen LogP contribution >= 0.6 is 11.8 Å². The molecule has 0 amide bonds. The number of nitrogens with zero attached hydrogens (tertiary/aromatic N) is 1. The third-order valence-electron chi connectivity index (χ3n) is 1.82. The molecule has 0 rings (SSSR count). The molecule has 0 bridgehead atoms. The number of hydrogen-bond donors (Lipinski definition) is 0. The maximum absolute atomic E-state index is 11.6. The molecule has 0 radical (unpaired) electrons. The molecule has 0 saturated heterocycles. The average Bonchev–Trinajstić information content (AvgIpc) is 2.24. The van der Waals surface area contributed by atoms with Crippen LogP contribution in [-0.4, -0.2) is 61.7 Å². The van der Waals surface area contributed by atoms with Crippen molar-refractivity contribution in [2.24, 2.45) is 0 Å². The highest BCUT2D eigenvalue weighted by atomic mass is 32.2. The first-order valence-electron chi connectivity index (χ1n) is 5.62. The number of hydrogen-bond acceptors (Lipinski definition) is 6. The summed E-state index contributed by atoms with van der Waals surface area (Å²) in [5, 5.41) is -0.866. The Balaban J connectivity index is 4.29. The highest BCUT2D eigenvalue weighted by Crippen LogP contribution is 2.14. The molecule has 0 aromatic heterocycles. The largest absolute Gasteiger partial charge is 0.465 e. The van der Waals surface area contributed by atoms with Crippen LogP contribution in [0.3, 0.4) is 0 Å². The first kappa shape index (κ1) is 16.2. The number of rotatable bonds is 8. The van der Waals surface area contributed by atoms with Crippen LogP contribution in [0.25, 0.3) is 0 Å². The van der Waals surface area contributed by atoms with Gasteiger partial charge in [0.15, 0.2) is 5.25 Å². The lowest BCUT2D eigenvalue weighted by Crippen LogP contribution is -2.32. The number of esters is 2. The van der Waals surface area contributed by atoms with Crippen molar-refractivity contribution >= 4 is 23.7 Å². The summed E-state index contributed by atoms with van der Waals surface area (Å²) >= 11 is 1.26. The Hall–Kier alpha value is -0.750. The van der Waals surface area contributed by atoms with Crippen molar-refractivity contribution in [3.63, 3.8) is 0 Å². The van der Waals surface area contributed by atoms with Gasteiger partial charge in [0.25, 0.3) is 0 Å². The lowest BCUT2D eigenvalue weighted by Gasteiger charge is -2.15. The van der Waals surface area contributed by atoms with Crippen LogP contribution in [0, 0.1) is 0 Å². The van der Waals surface area contributed by atoms with Crippen LogP contribution in [0.4, 0.5) is 0 Å². The zero-order valence-corrected chi connectivity index (χ0v) is 11.7. The van der Waals surface area contributed by atoms with Gasteiger partial charge < -0.3 is 14.4 Å². The Morgan fingerprint density at radius 2 is 1.59 bits per heavy atom. The monoisotopic (exact) mass is 263 g/mol. The van der Waals surface area contributed by atoms with Gasteiger partial charge in [0, 0.05) is 12.3 Å². The number of ether oxygens (including phenoxy) is 2. The summed E-state index contributed by atoms with van der Waals surface area (Å²) in [6.45, 7) is 4.75. The first-order chi connectivity index (χ1) is 8.02. The molecule has 0 aliphatic carbocycles. The molecular weight excluding hydrogens is 242 g/mol. The fourth-order valence-corrected chi connectivity index (χ4v) is 2.14. The van der Waals surface area contributed by atoms with Crippen LogP contribution in [0.2, 0.25) is 0 Å². The van der Waals surface area contributed by atoms with E-state index < -0.39 is 17.2 Å². The zero-order valence-electron chi connectivity index (χ0n) is 10.9. The number of carbonyl (C=O) groups excluding carboxylic acids is 2. The minimum Gasteiger partial charge on any atom is -0.465 e. The molecule has 0 saturated carbocycles. The van der Waals surface area contributed by atoms with Crippen molar-refractivity contribution in [2.45, 2.75) is 19.1 Å². The normalized spacial score (nSPS) is 10.7. The molecule has 0 atom stereocenters. The van der Waals surface area contributed by atoms with E-state index in [9.17, 15) is 9.59 Å². The van der Waals surface area contributed by atoms with Gasteiger partial charge in [-0.1, -0.05) is 0 Å². The van der Waals surface area contributed by atoms with Crippen LogP contribution in [0.15, 0.2) is 0 Å². The van der Waals surface area contributed by atoms with Crippen molar-refractivity contribution in [3.05, 3.63) is 0 Å². The fourth-order valence-electron chi connectivity index (χ4n) is 1.02. The molecular formula is C11H21NO4S. The Morgan fingerprint density at radius 3 is 1.94 bits per heavy atom. The second-order valence-electron chi connectivity index (χ2n) is 3.56. The topological polar surface area (TPSA) is 55.8 Å². The number of thioether (sulfide) groups is 1. The summed E-state index contributed by atoms with van der Waals surface area (Å²) in [5.74, 6) is -0.362. The minimum atomic E-state index is -0.866. The molecule has 0 aliphatic rings. The molecule has 0 fully saturated rings. The molecule has 0 aromatic rings. The summed E-state index contributed by atoms with van der Waals surface area (Å²) < 4.78 is 9.71. The van der Waals surface area contributed by atoms with Gasteiger partial charge in [-0.05, 0) is 27.9 Å². The Bertz CT molecular complexity index is 228. The standard InChI is InChI=1S/C11H21NO4S/c1-5-15-10(13)9(11(14)16-6-2)17-8-7-12(3)4/h9H,5-8H2,1-4H3. The Labute approximate surface area is 107 Å². The molecule has 0 aromatic carbocycles. The van der Waals surface area contributed by atoms with E-state index in [1.165, 1.54) is 11.8 Å². The van der Waals surface area contributed by atoms with E-state index in [0.717, 1.165) is 6.54 Å². The highest BCUT2D eigenvalue weighted by Gasteiger charge is 2.29. The molecule has 0 unspecified atom stereocenters. The summed E-state index contributed by atoms with van der Waals surface area (Å²) in [6.07, 6.45) is 0. The predicted molar refractivity (Wildman–Crippen MR) is 68.1 cm³/mol. The first-order valence-corrected chi connectivity index (χ1v) is 6.67. The third-order valence-corrected chi connectivity index (χ3v) is 2.96. The van der Waals surface area contributed by atoms with E-state index in [1.807, 2.05) is 19.0 Å². The van der Waals surface area contributed by atoms with Gasteiger partial charge in [-0.3, -0.25) is 9.59 Å². The van der Waals surface area contributed by atoms with E-state index in [0.29, 0.717) is 5.75 Å². The van der Waals surface area contributed by atoms with Crippen molar-refractivity contribution in [3.8, 4) is 0 Å². The quantitative estimate of drug-likeness (QED) is 0.476. The van der Waals surface area contributed by atoms with E-state index in [1.54, 1.807) is 13.8 Å². The molecule has 5 nitrogen and oxygen atoms in total. The van der Waals surface area contributed by atoms with Crippen molar-refractivity contribution in [1.82, 2.24) is 4.90 Å². The lowest BCUT2D eigenvalue weighted by atomic mass is 10.4. The van der Waals surface area contributed by atoms with E-state index in [-0.39, 0.29) is 13.2 Å². The maximum Gasteiger partial charge on any atom is 0.330 e. The molecule has 0 spiro atoms. The van der Waals surface area contributed by atoms with Crippen LogP contribution in [-0.2, 0) is 19.1 Å². The minimum absolute atomic E-state index is 0.267. The van der Waals surface area contributed by atoms with Gasteiger partial charge in [-0.25, -0.2) is 0 Å². The third kappa shape index (κ3) is 7.23. The second kappa shape index (κ2) is 9.30. The smallest absolute Gasteiger partial charge is 0.330 e. The molecule has 0 N–H and O–H groups in total. The van der Waals surface area contributed by atoms with E-state index in [2.05, 4.69) is 0 Å². The summed E-state index contributed by atoms with van der Waals surface area (Å²) in [4.78, 5) is 25.1. The zero-order chi connectivity index (χ0) is 13.3. The maximum atomic E-state index is 11.6. The Kier molecular flexibility index (Phi) is 8.89. The predicted octanol–water partition coefficient (Wildman–Crippen LogP) is 0.776. The fraction of sp³-hybridized carbons (Fsp3) is 0.818. The molecule has 17 heavy (non-hydrogen) atoms. The summed E-state index contributed by atoms with van der Waals surface area (Å²) in [5.41, 5.74) is 0. The molecule has 0 aliphatic heterocycles. The molecule has 0 heterocycles. The highest BCUT2D eigenvalue weighted by molar-refractivity contribution is 8.01. The van der Waals surface area contributed by atoms with Gasteiger partial charge in [-0.15, -0.1) is 11.8 Å². The average molecular weight is 263 g/mol. The van der Waals surface area contributed by atoms with Gasteiger partial charge >= 0.3 is 11.9 Å². The number of carbonyl (C=O) groups is 2. The van der Waals surface area contributed by atoms with Crippen LogP contribution < -0.4 is 0 Å². The van der Waals surface area contributed by atoms with Gasteiger partial charge in [0.2, 0.25) is 0 Å². The van der Waals surface area contributed by atoms with Crippen molar-refractivity contribution in [2.75, 3.05) is 39.6 Å². The van der Waals surface area contributed by atoms with Crippen molar-refractivity contribution in [1.29, 1.82) is 0 Å². The second-order valence-corrected chi connectivity index (χ2v) is 4.77. The van der Waals surface area contributed by atoms with Crippen LogP contribution in [0.5, 0.6) is 0 Å². The van der Waals surface area contributed by atoms with Gasteiger partial charge in [0.1, 0.15) is 0 Å². The Morgan fingerprint density at radius 1 is 1.12 bits per heavy atom. The van der Waals surface area contributed by atoms with Crippen molar-refractivity contribution < 1.29 is 19.1 Å². The van der Waals surface area contributed by atoms with E-state index in [4.69, 9.17) is 9.47 Å². The van der Waals surface area contributed by atoms with Crippen LogP contribution in [0.1, 0.15) is 13.8 Å². The summed E-state index contributed by atoms with van der Waals surface area (Å²) in [6, 6.07) is 0. The molecule has 6 heteroatoms. The van der Waals surface area contributed by atoms with E-state index >= 15 is 0 Å². The van der Waals surface area contributed by atoms with Gasteiger partial charge in [-0.2, -0.15) is 0 Å². The lowest BCUT2D eigenvalue weighted by molar-refractivity contribution is -0.152. The van der Waals surface area contributed by atoms with Gasteiger partial charge in [0.05, 0.1) is 13.2 Å². The SMILES string of the molecule is CCOC(=O)C(SCCN(C)C)C(=O)OCC.